The number of benzene rings is 1. The average molecular weight is 250 g/mol. The average Bonchev–Trinajstić information content (AvgIpc) is 2.81. The predicted octanol–water partition coefficient (Wildman–Crippen LogP) is 3.41. The van der Waals surface area contributed by atoms with Crippen LogP contribution in [0.3, 0.4) is 0 Å². The van der Waals surface area contributed by atoms with E-state index in [0.29, 0.717) is 0 Å². The van der Waals surface area contributed by atoms with E-state index >= 15 is 0 Å². The fraction of sp³-hybridized carbons (Fsp3) is 0.357. The summed E-state index contributed by atoms with van der Waals surface area (Å²) in [6, 6.07) is 5.90. The van der Waals surface area contributed by atoms with Gasteiger partial charge in [-0.05, 0) is 24.6 Å². The van der Waals surface area contributed by atoms with Crippen LogP contribution in [-0.4, -0.2) is 18.9 Å². The largest absolute Gasteiger partial charge is 0.363 e. The number of hydrogen-bond acceptors (Lipinski definition) is 2. The third-order valence-corrected chi connectivity index (χ3v) is 3.54. The second kappa shape index (κ2) is 4.92. The van der Waals surface area contributed by atoms with Crippen LogP contribution in [0.4, 0.5) is 5.69 Å². The molecule has 90 valence electrons. The van der Waals surface area contributed by atoms with Crippen molar-refractivity contribution in [2.75, 3.05) is 18.0 Å². The summed E-state index contributed by atoms with van der Waals surface area (Å²) >= 11 is 6.28. The van der Waals surface area contributed by atoms with Gasteiger partial charge in [-0.25, -0.2) is 0 Å². The van der Waals surface area contributed by atoms with Crippen molar-refractivity contribution >= 4 is 23.1 Å². The maximum absolute atomic E-state index is 11.3. The van der Waals surface area contributed by atoms with Crippen LogP contribution in [0.5, 0.6) is 0 Å². The lowest BCUT2D eigenvalue weighted by molar-refractivity contribution is -0.118. The molecule has 0 fully saturated rings. The highest BCUT2D eigenvalue weighted by Gasteiger charge is 2.15. The van der Waals surface area contributed by atoms with Gasteiger partial charge in [0, 0.05) is 19.0 Å². The highest BCUT2D eigenvalue weighted by molar-refractivity contribution is 6.33. The fourth-order valence-corrected chi connectivity index (χ4v) is 2.27. The topological polar surface area (TPSA) is 20.3 Å². The molecule has 1 aliphatic rings. The minimum absolute atomic E-state index is 0.0850. The lowest BCUT2D eigenvalue weighted by Gasteiger charge is -2.20. The van der Waals surface area contributed by atoms with Gasteiger partial charge in [-0.15, -0.1) is 0 Å². The number of rotatable bonds is 3. The Kier molecular flexibility index (Phi) is 3.53. The van der Waals surface area contributed by atoms with Gasteiger partial charge in [0.05, 0.1) is 10.7 Å². The van der Waals surface area contributed by atoms with E-state index in [1.807, 2.05) is 25.1 Å². The van der Waals surface area contributed by atoms with Crippen molar-refractivity contribution in [3.8, 4) is 0 Å². The Morgan fingerprint density at radius 3 is 2.53 bits per heavy atom. The van der Waals surface area contributed by atoms with Crippen LogP contribution in [0.1, 0.15) is 25.3 Å². The smallest absolute Gasteiger partial charge is 0.136 e. The SMILES string of the molecule is CC(=O)C(C)c1ccc(N2CC=CC2)c(Cl)c1. The van der Waals surface area contributed by atoms with Crippen LogP contribution < -0.4 is 4.90 Å². The van der Waals surface area contributed by atoms with Crippen LogP contribution >= 0.6 is 11.6 Å². The second-order valence-corrected chi connectivity index (χ2v) is 4.83. The van der Waals surface area contributed by atoms with E-state index in [9.17, 15) is 4.79 Å². The minimum Gasteiger partial charge on any atom is -0.363 e. The van der Waals surface area contributed by atoms with E-state index in [0.717, 1.165) is 29.4 Å². The molecule has 1 aromatic rings. The molecule has 3 heteroatoms. The summed E-state index contributed by atoms with van der Waals surface area (Å²) in [4.78, 5) is 13.5. The van der Waals surface area contributed by atoms with E-state index < -0.39 is 0 Å². The van der Waals surface area contributed by atoms with Crippen LogP contribution in [-0.2, 0) is 4.79 Å². The molecule has 0 bridgehead atoms. The van der Waals surface area contributed by atoms with Crippen LogP contribution in [0, 0.1) is 0 Å². The fourth-order valence-electron chi connectivity index (χ4n) is 1.96. The van der Waals surface area contributed by atoms with Crippen molar-refractivity contribution < 1.29 is 4.79 Å². The predicted molar refractivity (Wildman–Crippen MR) is 71.9 cm³/mol. The first-order valence-corrected chi connectivity index (χ1v) is 6.17. The molecule has 1 heterocycles. The summed E-state index contributed by atoms with van der Waals surface area (Å²) in [7, 11) is 0. The van der Waals surface area contributed by atoms with Crippen LogP contribution in [0.25, 0.3) is 0 Å². The van der Waals surface area contributed by atoms with Gasteiger partial charge >= 0.3 is 0 Å². The molecule has 1 atom stereocenters. The molecule has 17 heavy (non-hydrogen) atoms. The number of halogens is 1. The first-order chi connectivity index (χ1) is 8.09. The van der Waals surface area contributed by atoms with Gasteiger partial charge in [-0.2, -0.15) is 0 Å². The van der Waals surface area contributed by atoms with Gasteiger partial charge in [0.15, 0.2) is 0 Å². The van der Waals surface area contributed by atoms with Crippen molar-refractivity contribution in [3.05, 3.63) is 40.9 Å². The molecule has 2 nitrogen and oxygen atoms in total. The molecule has 0 amide bonds. The Morgan fingerprint density at radius 1 is 1.35 bits per heavy atom. The zero-order valence-corrected chi connectivity index (χ0v) is 10.9. The Hall–Kier alpha value is -1.28. The summed E-state index contributed by atoms with van der Waals surface area (Å²) < 4.78 is 0. The van der Waals surface area contributed by atoms with E-state index in [-0.39, 0.29) is 11.7 Å². The third-order valence-electron chi connectivity index (χ3n) is 3.24. The zero-order valence-electron chi connectivity index (χ0n) is 10.1. The first-order valence-electron chi connectivity index (χ1n) is 5.79. The molecule has 0 N–H and O–H groups in total. The summed E-state index contributed by atoms with van der Waals surface area (Å²) in [6.07, 6.45) is 4.25. The standard InChI is InChI=1S/C14H16ClNO/c1-10(11(2)17)12-5-6-14(13(15)9-12)16-7-3-4-8-16/h3-6,9-10H,7-8H2,1-2H3. The van der Waals surface area contributed by atoms with Crippen molar-refractivity contribution in [1.29, 1.82) is 0 Å². The number of hydrogen-bond donors (Lipinski definition) is 0. The number of ketones is 1. The van der Waals surface area contributed by atoms with Gasteiger partial charge in [0.25, 0.3) is 0 Å². The van der Waals surface area contributed by atoms with Crippen LogP contribution in [0.15, 0.2) is 30.4 Å². The second-order valence-electron chi connectivity index (χ2n) is 4.42. The Bertz CT molecular complexity index is 459. The maximum atomic E-state index is 11.3. The Balaban J connectivity index is 2.25. The van der Waals surface area contributed by atoms with Gasteiger partial charge < -0.3 is 4.90 Å². The molecule has 1 aromatic carbocycles. The van der Waals surface area contributed by atoms with Crippen molar-refractivity contribution in [2.45, 2.75) is 19.8 Å². The molecule has 0 aliphatic carbocycles. The summed E-state index contributed by atoms with van der Waals surface area (Å²) in [5.41, 5.74) is 2.02. The van der Waals surface area contributed by atoms with Crippen molar-refractivity contribution in [1.82, 2.24) is 0 Å². The molecule has 0 saturated heterocycles. The highest BCUT2D eigenvalue weighted by Crippen LogP contribution is 2.30. The van der Waals surface area contributed by atoms with Gasteiger partial charge in [-0.1, -0.05) is 36.7 Å². The first kappa shape index (κ1) is 12.2. The molecule has 0 saturated carbocycles. The monoisotopic (exact) mass is 249 g/mol. The number of carbonyl (C=O) groups is 1. The number of nitrogens with zero attached hydrogens (tertiary/aromatic N) is 1. The van der Waals surface area contributed by atoms with Gasteiger partial charge in [-0.3, -0.25) is 4.79 Å². The van der Waals surface area contributed by atoms with Crippen molar-refractivity contribution in [2.24, 2.45) is 0 Å². The van der Waals surface area contributed by atoms with E-state index in [1.54, 1.807) is 6.92 Å². The quantitative estimate of drug-likeness (QED) is 0.766. The molecule has 0 radical (unpaired) electrons. The summed E-state index contributed by atoms with van der Waals surface area (Å²) in [5, 5.41) is 0.722. The number of anilines is 1. The van der Waals surface area contributed by atoms with E-state index in [4.69, 9.17) is 11.6 Å². The van der Waals surface area contributed by atoms with E-state index in [1.165, 1.54) is 0 Å². The Morgan fingerprint density at radius 2 is 2.00 bits per heavy atom. The summed E-state index contributed by atoms with van der Waals surface area (Å²) in [5.74, 6) is 0.0786. The number of Topliss-reactive ketones (excluding diaryl/α,β-unsaturated/α-hetero) is 1. The normalized spacial score (nSPS) is 16.3. The number of carbonyl (C=O) groups excluding carboxylic acids is 1. The van der Waals surface area contributed by atoms with Gasteiger partial charge in [0.2, 0.25) is 0 Å². The third kappa shape index (κ3) is 2.52. The molecular formula is C14H16ClNO. The lowest BCUT2D eigenvalue weighted by Crippen LogP contribution is -2.19. The van der Waals surface area contributed by atoms with Crippen molar-refractivity contribution in [3.63, 3.8) is 0 Å². The molecule has 1 unspecified atom stereocenters. The van der Waals surface area contributed by atoms with Gasteiger partial charge in [0.1, 0.15) is 5.78 Å². The minimum atomic E-state index is -0.0850. The molecule has 2 rings (SSSR count). The lowest BCUT2D eigenvalue weighted by atomic mass is 9.97. The Labute approximate surface area is 107 Å². The summed E-state index contributed by atoms with van der Waals surface area (Å²) in [6.45, 7) is 5.32. The molecule has 0 spiro atoms. The molecule has 1 aliphatic heterocycles. The maximum Gasteiger partial charge on any atom is 0.136 e. The van der Waals surface area contributed by atoms with E-state index in [2.05, 4.69) is 17.1 Å². The molecular weight excluding hydrogens is 234 g/mol. The van der Waals surface area contributed by atoms with Crippen LogP contribution in [0.2, 0.25) is 5.02 Å². The zero-order chi connectivity index (χ0) is 12.4. The highest BCUT2D eigenvalue weighted by atomic mass is 35.5. The molecule has 0 aromatic heterocycles.